The summed E-state index contributed by atoms with van der Waals surface area (Å²) in [6.07, 6.45) is 6.13. The first kappa shape index (κ1) is 28.9. The number of hydrogen-bond donors (Lipinski definition) is 4. The molecule has 0 fully saturated rings. The average Bonchev–Trinajstić information content (AvgIpc) is 3.59. The van der Waals surface area contributed by atoms with Gasteiger partial charge in [0.1, 0.15) is 18.0 Å². The van der Waals surface area contributed by atoms with Crippen LogP contribution in [0.15, 0.2) is 66.2 Å². The van der Waals surface area contributed by atoms with Crippen LogP contribution in [0.1, 0.15) is 62.6 Å². The molecule has 4 atom stereocenters. The van der Waals surface area contributed by atoms with E-state index < -0.39 is 24.2 Å². The van der Waals surface area contributed by atoms with Gasteiger partial charge in [0.2, 0.25) is 11.8 Å². The Hall–Kier alpha value is -3.62. The zero-order valence-corrected chi connectivity index (χ0v) is 23.7. The second kappa shape index (κ2) is 13.4. The van der Waals surface area contributed by atoms with Crippen molar-refractivity contribution < 1.29 is 24.5 Å². The van der Waals surface area contributed by atoms with Gasteiger partial charge in [-0.2, -0.15) is 0 Å². The molecule has 41 heavy (non-hydrogen) atoms. The van der Waals surface area contributed by atoms with Gasteiger partial charge in [-0.3, -0.25) is 9.59 Å². The van der Waals surface area contributed by atoms with Crippen molar-refractivity contribution in [3.8, 4) is 5.75 Å². The lowest BCUT2D eigenvalue weighted by atomic mass is 9.77. The number of ether oxygens (including phenoxy) is 1. The van der Waals surface area contributed by atoms with Gasteiger partial charge >= 0.3 is 0 Å². The molecule has 8 nitrogen and oxygen atoms in total. The van der Waals surface area contributed by atoms with Crippen molar-refractivity contribution in [2.24, 2.45) is 0 Å². The van der Waals surface area contributed by atoms with E-state index in [9.17, 15) is 19.8 Å². The molecule has 0 spiro atoms. The molecule has 0 unspecified atom stereocenters. The second-order valence-corrected chi connectivity index (χ2v) is 11.1. The summed E-state index contributed by atoms with van der Waals surface area (Å²) in [5, 5.41) is 24.9. The van der Waals surface area contributed by atoms with Crippen LogP contribution >= 0.6 is 0 Å². The van der Waals surface area contributed by atoms with Crippen LogP contribution in [-0.2, 0) is 16.0 Å². The molecule has 1 aliphatic heterocycles. The smallest absolute Gasteiger partial charge is 0.247 e. The normalized spacial score (nSPS) is 21.1. The zero-order valence-electron chi connectivity index (χ0n) is 23.7. The Morgan fingerprint density at radius 3 is 2.63 bits per heavy atom. The van der Waals surface area contributed by atoms with Crippen LogP contribution in [0.3, 0.4) is 0 Å². The standard InChI is InChI=1S/C33H41N3O5/c1-2-3-4-5-6-15-29(38)36(18-16-23-20-22-11-7-9-13-26(22)35-23)27-21-25(33(40)34-17-19-37)30-24-12-8-10-14-28(24)41-32(30)31(27)39/h7-14,20-21,27,30-32,35,37,39H,2-6,15-19H2,1H3,(H,34,40)/t27-,30+,31+,32+/m1/s1. The van der Waals surface area contributed by atoms with E-state index in [1.165, 1.54) is 0 Å². The van der Waals surface area contributed by atoms with E-state index >= 15 is 0 Å². The molecule has 2 aromatic carbocycles. The predicted molar refractivity (Wildman–Crippen MR) is 159 cm³/mol. The van der Waals surface area contributed by atoms with Gasteiger partial charge in [0.05, 0.1) is 18.6 Å². The van der Waals surface area contributed by atoms with E-state index in [-0.39, 0.29) is 25.0 Å². The van der Waals surface area contributed by atoms with E-state index in [2.05, 4.69) is 29.4 Å². The van der Waals surface area contributed by atoms with Gasteiger partial charge in [-0.05, 0) is 36.1 Å². The Balaban J connectivity index is 1.44. The van der Waals surface area contributed by atoms with Crippen LogP contribution in [0.4, 0.5) is 0 Å². The van der Waals surface area contributed by atoms with Gasteiger partial charge in [0, 0.05) is 48.3 Å². The second-order valence-electron chi connectivity index (χ2n) is 11.1. The molecule has 1 aliphatic carbocycles. The number of aliphatic hydroxyl groups excluding tert-OH is 2. The molecule has 3 aromatic rings. The first-order valence-corrected chi connectivity index (χ1v) is 14.9. The summed E-state index contributed by atoms with van der Waals surface area (Å²) in [6, 6.07) is 16.9. The maximum atomic E-state index is 13.8. The number of benzene rings is 2. The van der Waals surface area contributed by atoms with Crippen LogP contribution in [0.25, 0.3) is 10.9 Å². The number of aliphatic hydroxyl groups is 2. The number of fused-ring (bicyclic) bond motifs is 4. The van der Waals surface area contributed by atoms with Gasteiger partial charge < -0.3 is 30.2 Å². The minimum Gasteiger partial charge on any atom is -0.486 e. The number of aromatic nitrogens is 1. The Morgan fingerprint density at radius 2 is 1.83 bits per heavy atom. The van der Waals surface area contributed by atoms with Gasteiger partial charge in [0.15, 0.2) is 0 Å². The van der Waals surface area contributed by atoms with Crippen molar-refractivity contribution in [2.75, 3.05) is 19.7 Å². The highest BCUT2D eigenvalue weighted by Gasteiger charge is 2.50. The largest absolute Gasteiger partial charge is 0.486 e. The lowest BCUT2D eigenvalue weighted by molar-refractivity contribution is -0.137. The predicted octanol–water partition coefficient (Wildman–Crippen LogP) is 4.22. The first-order valence-electron chi connectivity index (χ1n) is 14.9. The highest BCUT2D eigenvalue weighted by Crippen LogP contribution is 2.47. The Kier molecular flexibility index (Phi) is 9.42. The summed E-state index contributed by atoms with van der Waals surface area (Å²) in [7, 11) is 0. The number of rotatable bonds is 13. The van der Waals surface area contributed by atoms with Crippen molar-refractivity contribution in [2.45, 2.75) is 76.0 Å². The summed E-state index contributed by atoms with van der Waals surface area (Å²) in [5.74, 6) is -0.193. The Morgan fingerprint density at radius 1 is 1.05 bits per heavy atom. The maximum Gasteiger partial charge on any atom is 0.247 e. The number of carbonyl (C=O) groups excluding carboxylic acids is 2. The third-order valence-electron chi connectivity index (χ3n) is 8.26. The number of aromatic amines is 1. The summed E-state index contributed by atoms with van der Waals surface area (Å²) < 4.78 is 6.23. The number of para-hydroxylation sites is 2. The molecule has 2 aliphatic rings. The third kappa shape index (κ3) is 6.34. The lowest BCUT2D eigenvalue weighted by Crippen LogP contribution is -2.56. The molecule has 8 heteroatoms. The topological polar surface area (TPSA) is 115 Å². The fourth-order valence-electron chi connectivity index (χ4n) is 6.16. The fourth-order valence-corrected chi connectivity index (χ4v) is 6.16. The van der Waals surface area contributed by atoms with Gasteiger partial charge in [-0.1, -0.05) is 69.0 Å². The number of amides is 2. The molecule has 5 rings (SSSR count). The van der Waals surface area contributed by atoms with E-state index in [1.54, 1.807) is 11.0 Å². The fraction of sp³-hybridized carbons (Fsp3) is 0.455. The minimum atomic E-state index is -1.02. The van der Waals surface area contributed by atoms with Gasteiger partial charge in [-0.15, -0.1) is 0 Å². The summed E-state index contributed by atoms with van der Waals surface area (Å²) in [5.41, 5.74) is 3.34. The minimum absolute atomic E-state index is 0.0398. The molecule has 218 valence electrons. The van der Waals surface area contributed by atoms with E-state index in [4.69, 9.17) is 4.74 Å². The number of unbranched alkanes of at least 4 members (excludes halogenated alkanes) is 4. The molecule has 0 saturated carbocycles. The van der Waals surface area contributed by atoms with Gasteiger partial charge in [-0.25, -0.2) is 0 Å². The van der Waals surface area contributed by atoms with Crippen molar-refractivity contribution in [1.82, 2.24) is 15.2 Å². The molecule has 4 N–H and O–H groups in total. The van der Waals surface area contributed by atoms with Crippen molar-refractivity contribution in [1.29, 1.82) is 0 Å². The Bertz CT molecular complexity index is 1350. The number of nitrogens with one attached hydrogen (secondary N) is 2. The van der Waals surface area contributed by atoms with Crippen molar-refractivity contribution >= 4 is 22.7 Å². The summed E-state index contributed by atoms with van der Waals surface area (Å²) in [6.45, 7) is 2.48. The monoisotopic (exact) mass is 559 g/mol. The molecular formula is C33H41N3O5. The number of H-pyrrole nitrogens is 1. The molecule has 0 radical (unpaired) electrons. The molecular weight excluding hydrogens is 518 g/mol. The molecule has 2 amide bonds. The van der Waals surface area contributed by atoms with E-state index in [0.717, 1.165) is 54.3 Å². The SMILES string of the molecule is CCCCCCCC(=O)N(CCc1cc2ccccc2[nH]1)[C@@H]1C=C(C(=O)NCCO)[C@@H]2c3ccccc3O[C@@H]2[C@H]1O. The quantitative estimate of drug-likeness (QED) is 0.234. The molecule has 2 heterocycles. The number of hydrogen-bond acceptors (Lipinski definition) is 5. The molecule has 1 aromatic heterocycles. The van der Waals surface area contributed by atoms with Gasteiger partial charge in [0.25, 0.3) is 0 Å². The van der Waals surface area contributed by atoms with Crippen LogP contribution in [0.5, 0.6) is 5.75 Å². The summed E-state index contributed by atoms with van der Waals surface area (Å²) >= 11 is 0. The van der Waals surface area contributed by atoms with Crippen molar-refractivity contribution in [3.05, 3.63) is 77.5 Å². The average molecular weight is 560 g/mol. The Labute approximate surface area is 241 Å². The van der Waals surface area contributed by atoms with Crippen LogP contribution in [-0.4, -0.2) is 69.9 Å². The van der Waals surface area contributed by atoms with Crippen LogP contribution in [0, 0.1) is 0 Å². The van der Waals surface area contributed by atoms with Crippen molar-refractivity contribution in [3.63, 3.8) is 0 Å². The van der Waals surface area contributed by atoms with E-state index in [1.807, 2.05) is 42.5 Å². The number of nitrogens with zero attached hydrogens (tertiary/aromatic N) is 1. The maximum absolute atomic E-state index is 13.8. The number of carbonyl (C=O) groups is 2. The summed E-state index contributed by atoms with van der Waals surface area (Å²) in [4.78, 5) is 32.3. The van der Waals surface area contributed by atoms with Crippen LogP contribution in [0.2, 0.25) is 0 Å². The lowest BCUT2D eigenvalue weighted by Gasteiger charge is -2.40. The highest BCUT2D eigenvalue weighted by molar-refractivity contribution is 5.96. The zero-order chi connectivity index (χ0) is 28.8. The van der Waals surface area contributed by atoms with E-state index in [0.29, 0.717) is 30.7 Å². The van der Waals surface area contributed by atoms with Crippen LogP contribution < -0.4 is 10.1 Å². The molecule has 0 bridgehead atoms. The molecule has 0 saturated heterocycles. The highest BCUT2D eigenvalue weighted by atomic mass is 16.5. The third-order valence-corrected chi connectivity index (χ3v) is 8.26. The first-order chi connectivity index (χ1) is 20.0.